The Morgan fingerprint density at radius 2 is 2.00 bits per heavy atom. The molecule has 0 spiro atoms. The van der Waals surface area contributed by atoms with Crippen LogP contribution >= 0.6 is 0 Å². The number of ether oxygens (including phenoxy) is 1. The zero-order chi connectivity index (χ0) is 13.5. The van der Waals surface area contributed by atoms with E-state index in [9.17, 15) is 0 Å². The average molecular weight is 259 g/mol. The summed E-state index contributed by atoms with van der Waals surface area (Å²) in [7, 11) is 0. The van der Waals surface area contributed by atoms with Crippen molar-refractivity contribution in [2.24, 2.45) is 0 Å². The van der Waals surface area contributed by atoms with E-state index in [0.717, 1.165) is 37.3 Å². The minimum absolute atomic E-state index is 0.477. The number of aromatic nitrogens is 3. The molecule has 0 aliphatic rings. The van der Waals surface area contributed by atoms with Crippen molar-refractivity contribution in [3.63, 3.8) is 0 Å². The quantitative estimate of drug-likeness (QED) is 0.829. The van der Waals surface area contributed by atoms with Crippen molar-refractivity contribution in [1.29, 1.82) is 0 Å². The second-order valence-corrected chi connectivity index (χ2v) is 4.69. The Hall–Kier alpha value is -1.84. The zero-order valence-electron chi connectivity index (χ0n) is 11.6. The molecule has 19 heavy (non-hydrogen) atoms. The van der Waals surface area contributed by atoms with E-state index in [2.05, 4.69) is 53.5 Å². The van der Waals surface area contributed by atoms with Gasteiger partial charge in [0.15, 0.2) is 0 Å². The van der Waals surface area contributed by atoms with Gasteiger partial charge in [0.25, 0.3) is 0 Å². The number of H-pyrrole nitrogens is 1. The highest BCUT2D eigenvalue weighted by atomic mass is 16.5. The Labute approximate surface area is 114 Å². The van der Waals surface area contributed by atoms with Crippen LogP contribution in [0.3, 0.4) is 0 Å². The van der Waals surface area contributed by atoms with E-state index >= 15 is 0 Å². The first-order chi connectivity index (χ1) is 9.33. The third-order valence-electron chi connectivity index (χ3n) is 3.24. The van der Waals surface area contributed by atoms with Crippen molar-refractivity contribution >= 4 is 0 Å². The molecule has 4 nitrogen and oxygen atoms in total. The summed E-state index contributed by atoms with van der Waals surface area (Å²) >= 11 is 0. The number of rotatable bonds is 7. The van der Waals surface area contributed by atoms with Crippen LogP contribution in [0.15, 0.2) is 30.5 Å². The van der Waals surface area contributed by atoms with E-state index in [4.69, 9.17) is 4.74 Å². The third-order valence-corrected chi connectivity index (χ3v) is 3.24. The number of hydrogen-bond acceptors (Lipinski definition) is 3. The van der Waals surface area contributed by atoms with Gasteiger partial charge in [-0.15, -0.1) is 0 Å². The van der Waals surface area contributed by atoms with Crippen LogP contribution in [-0.4, -0.2) is 22.0 Å². The maximum absolute atomic E-state index is 5.60. The molecule has 0 saturated carbocycles. The highest BCUT2D eigenvalue weighted by Gasteiger charge is 2.12. The van der Waals surface area contributed by atoms with Crippen LogP contribution in [0.5, 0.6) is 5.75 Å². The molecule has 1 heterocycles. The van der Waals surface area contributed by atoms with Crippen LogP contribution in [-0.2, 0) is 6.42 Å². The van der Waals surface area contributed by atoms with Crippen molar-refractivity contribution in [1.82, 2.24) is 15.4 Å². The van der Waals surface area contributed by atoms with Crippen LogP contribution in [0.2, 0.25) is 0 Å². The first kappa shape index (κ1) is 13.6. The highest BCUT2D eigenvalue weighted by molar-refractivity contribution is 5.30. The molecule has 2 rings (SSSR count). The Balaban J connectivity index is 2.02. The van der Waals surface area contributed by atoms with Gasteiger partial charge in [0.05, 0.1) is 18.5 Å². The minimum Gasteiger partial charge on any atom is -0.494 e. The Morgan fingerprint density at radius 1 is 1.21 bits per heavy atom. The van der Waals surface area contributed by atoms with Crippen LogP contribution in [0.4, 0.5) is 0 Å². The van der Waals surface area contributed by atoms with E-state index < -0.39 is 0 Å². The maximum atomic E-state index is 5.60. The second kappa shape index (κ2) is 6.92. The van der Waals surface area contributed by atoms with Crippen LogP contribution < -0.4 is 4.74 Å². The number of nitrogens with one attached hydrogen (secondary N) is 1. The van der Waals surface area contributed by atoms with Gasteiger partial charge >= 0.3 is 0 Å². The zero-order valence-corrected chi connectivity index (χ0v) is 11.6. The van der Waals surface area contributed by atoms with Gasteiger partial charge in [-0.3, -0.25) is 0 Å². The predicted octanol–water partition coefficient (Wildman–Crippen LogP) is 3.33. The molecule has 1 aromatic carbocycles. The van der Waals surface area contributed by atoms with Gasteiger partial charge in [-0.1, -0.05) is 26.0 Å². The van der Waals surface area contributed by atoms with E-state index in [-0.39, 0.29) is 0 Å². The SMILES string of the molecule is CCCOc1ccc(C(CC)Cc2cn[nH]n2)cc1. The molecule has 0 fully saturated rings. The van der Waals surface area contributed by atoms with Crippen LogP contribution in [0.25, 0.3) is 0 Å². The largest absolute Gasteiger partial charge is 0.494 e. The molecule has 1 atom stereocenters. The highest BCUT2D eigenvalue weighted by Crippen LogP contribution is 2.25. The molecule has 1 aromatic heterocycles. The standard InChI is InChI=1S/C15H21N3O/c1-3-9-19-15-7-5-13(6-8-15)12(4-2)10-14-11-16-18-17-14/h5-8,11-12H,3-4,9-10H2,1-2H3,(H,16,17,18). The second-order valence-electron chi connectivity index (χ2n) is 4.69. The molecule has 0 bridgehead atoms. The van der Waals surface area contributed by atoms with Gasteiger partial charge in [-0.05, 0) is 42.9 Å². The van der Waals surface area contributed by atoms with E-state index in [0.29, 0.717) is 5.92 Å². The lowest BCUT2D eigenvalue weighted by molar-refractivity contribution is 0.317. The lowest BCUT2D eigenvalue weighted by atomic mass is 9.92. The Morgan fingerprint density at radius 3 is 2.58 bits per heavy atom. The lowest BCUT2D eigenvalue weighted by Crippen LogP contribution is -2.02. The first-order valence-electron chi connectivity index (χ1n) is 6.90. The normalized spacial score (nSPS) is 12.3. The van der Waals surface area contributed by atoms with Gasteiger partial charge < -0.3 is 4.74 Å². The predicted molar refractivity (Wildman–Crippen MR) is 75.3 cm³/mol. The summed E-state index contributed by atoms with van der Waals surface area (Å²) < 4.78 is 5.60. The molecule has 0 radical (unpaired) electrons. The van der Waals surface area contributed by atoms with Gasteiger partial charge in [0, 0.05) is 0 Å². The van der Waals surface area contributed by atoms with Gasteiger partial charge in [0.1, 0.15) is 5.75 Å². The summed E-state index contributed by atoms with van der Waals surface area (Å²) in [5, 5.41) is 10.6. The molecule has 0 amide bonds. The topological polar surface area (TPSA) is 50.8 Å². The molecule has 0 aliphatic heterocycles. The van der Waals surface area contributed by atoms with Gasteiger partial charge in [-0.25, -0.2) is 0 Å². The van der Waals surface area contributed by atoms with Crippen molar-refractivity contribution in [3.05, 3.63) is 41.7 Å². The molecule has 1 unspecified atom stereocenters. The summed E-state index contributed by atoms with van der Waals surface area (Å²) in [6.07, 6.45) is 4.83. The fraction of sp³-hybridized carbons (Fsp3) is 0.467. The number of benzene rings is 1. The molecule has 4 heteroatoms. The van der Waals surface area contributed by atoms with Crippen molar-refractivity contribution in [2.45, 2.75) is 39.0 Å². The number of hydrogen-bond donors (Lipinski definition) is 1. The van der Waals surface area contributed by atoms with Gasteiger partial charge in [0.2, 0.25) is 0 Å². The fourth-order valence-electron chi connectivity index (χ4n) is 2.13. The van der Waals surface area contributed by atoms with E-state index in [1.165, 1.54) is 5.56 Å². The first-order valence-corrected chi connectivity index (χ1v) is 6.90. The summed E-state index contributed by atoms with van der Waals surface area (Å²) in [5.74, 6) is 1.42. The van der Waals surface area contributed by atoms with Crippen molar-refractivity contribution in [3.8, 4) is 5.75 Å². The van der Waals surface area contributed by atoms with Crippen molar-refractivity contribution < 1.29 is 4.74 Å². The Bertz CT molecular complexity index is 465. The molecule has 1 N–H and O–H groups in total. The van der Waals surface area contributed by atoms with E-state index in [1.54, 1.807) is 6.20 Å². The van der Waals surface area contributed by atoms with Crippen molar-refractivity contribution in [2.75, 3.05) is 6.61 Å². The fourth-order valence-corrected chi connectivity index (χ4v) is 2.13. The van der Waals surface area contributed by atoms with Gasteiger partial charge in [-0.2, -0.15) is 15.4 Å². The Kier molecular flexibility index (Phi) is 4.95. The minimum atomic E-state index is 0.477. The number of nitrogens with zero attached hydrogens (tertiary/aromatic N) is 2. The maximum Gasteiger partial charge on any atom is 0.119 e. The summed E-state index contributed by atoms with van der Waals surface area (Å²) in [4.78, 5) is 0. The van der Waals surface area contributed by atoms with E-state index in [1.807, 2.05) is 0 Å². The summed E-state index contributed by atoms with van der Waals surface area (Å²) in [6, 6.07) is 8.41. The molecular weight excluding hydrogens is 238 g/mol. The van der Waals surface area contributed by atoms with Crippen LogP contribution in [0, 0.1) is 0 Å². The summed E-state index contributed by atoms with van der Waals surface area (Å²) in [6.45, 7) is 5.08. The smallest absolute Gasteiger partial charge is 0.119 e. The molecular formula is C15H21N3O. The lowest BCUT2D eigenvalue weighted by Gasteiger charge is -2.14. The molecule has 2 aromatic rings. The third kappa shape index (κ3) is 3.81. The monoisotopic (exact) mass is 259 g/mol. The molecule has 0 saturated heterocycles. The average Bonchev–Trinajstić information content (AvgIpc) is 2.96. The number of aromatic amines is 1. The molecule has 102 valence electrons. The van der Waals surface area contributed by atoms with Crippen LogP contribution in [0.1, 0.15) is 43.9 Å². The summed E-state index contributed by atoms with van der Waals surface area (Å²) in [5.41, 5.74) is 2.34. The molecule has 0 aliphatic carbocycles.